The Bertz CT molecular complexity index is 1460. The van der Waals surface area contributed by atoms with E-state index < -0.39 is 5.60 Å². The van der Waals surface area contributed by atoms with Crippen molar-refractivity contribution in [2.75, 3.05) is 33.1 Å². The first-order valence-corrected chi connectivity index (χ1v) is 16.1. The number of aromatic nitrogens is 2. The molecule has 1 aromatic heterocycles. The second-order valence-electron chi connectivity index (χ2n) is 11.6. The number of halogens is 3. The second-order valence-corrected chi connectivity index (χ2v) is 13.3. The zero-order valence-electron chi connectivity index (χ0n) is 26.0. The first-order valence-electron chi connectivity index (χ1n) is 14.3. The zero-order valence-corrected chi connectivity index (χ0v) is 29.1. The van der Waals surface area contributed by atoms with Crippen LogP contribution < -0.4 is 14.8 Å². The standard InChI is InChI=1S/C32H38Cl2N4O5S.ClH/c1-32(2,3)43-31(40)38-18-21(12-20-6-8-25(33)26(34)14-20)13-24(38)10-11-35-29(39)19-44-30-36-16-23(17-37-30)22-7-9-27(41-4)28(15-22)42-5;/h6-9,14-17,21,24H,10-13,18-19H2,1-5H3,(H,35,39);1H. The van der Waals surface area contributed by atoms with Crippen molar-refractivity contribution >= 4 is 59.4 Å². The lowest BCUT2D eigenvalue weighted by molar-refractivity contribution is -0.118. The van der Waals surface area contributed by atoms with Gasteiger partial charge in [0.15, 0.2) is 16.7 Å². The molecule has 2 heterocycles. The van der Waals surface area contributed by atoms with E-state index in [1.54, 1.807) is 37.6 Å². The number of hydrogen-bond donors (Lipinski definition) is 1. The normalized spacial score (nSPS) is 16.1. The van der Waals surface area contributed by atoms with Gasteiger partial charge in [-0.3, -0.25) is 4.79 Å². The number of hydrogen-bond acceptors (Lipinski definition) is 8. The fraction of sp³-hybridized carbons (Fsp3) is 0.438. The Hall–Kier alpha value is -2.92. The third-order valence-corrected chi connectivity index (χ3v) is 8.73. The highest BCUT2D eigenvalue weighted by molar-refractivity contribution is 7.99. The van der Waals surface area contributed by atoms with Gasteiger partial charge in [-0.2, -0.15) is 0 Å². The molecule has 1 aliphatic rings. The van der Waals surface area contributed by atoms with E-state index in [-0.39, 0.29) is 42.1 Å². The number of ether oxygens (including phenoxy) is 3. The molecule has 9 nitrogen and oxygen atoms in total. The Labute approximate surface area is 285 Å². The van der Waals surface area contributed by atoms with Crippen molar-refractivity contribution in [3.8, 4) is 22.6 Å². The summed E-state index contributed by atoms with van der Waals surface area (Å²) in [6, 6.07) is 11.2. The monoisotopic (exact) mass is 696 g/mol. The van der Waals surface area contributed by atoms with Gasteiger partial charge in [-0.05, 0) is 81.3 Å². The van der Waals surface area contributed by atoms with Crippen LogP contribution in [0.5, 0.6) is 11.5 Å². The molecule has 2 atom stereocenters. The van der Waals surface area contributed by atoms with Gasteiger partial charge in [-0.1, -0.05) is 47.1 Å². The van der Waals surface area contributed by atoms with E-state index in [9.17, 15) is 9.59 Å². The average Bonchev–Trinajstić information content (AvgIpc) is 3.39. The van der Waals surface area contributed by atoms with Crippen LogP contribution in [0.3, 0.4) is 0 Å². The molecule has 45 heavy (non-hydrogen) atoms. The summed E-state index contributed by atoms with van der Waals surface area (Å²) in [6.45, 7) is 6.57. The smallest absolute Gasteiger partial charge is 0.410 e. The number of methoxy groups -OCH3 is 2. The second kappa shape index (κ2) is 16.6. The van der Waals surface area contributed by atoms with Gasteiger partial charge in [0.05, 0.1) is 30.0 Å². The first kappa shape index (κ1) is 36.5. The Kier molecular flexibility index (Phi) is 13.5. The number of carbonyl (C=O) groups excluding carboxylic acids is 2. The molecule has 1 fully saturated rings. The molecular weight excluding hydrogens is 659 g/mol. The largest absolute Gasteiger partial charge is 0.493 e. The van der Waals surface area contributed by atoms with Crippen LogP contribution in [0.15, 0.2) is 53.9 Å². The van der Waals surface area contributed by atoms with E-state index in [1.807, 2.05) is 51.1 Å². The molecule has 244 valence electrons. The van der Waals surface area contributed by atoms with Crippen molar-refractivity contribution in [3.05, 3.63) is 64.4 Å². The Morgan fingerprint density at radius 3 is 2.36 bits per heavy atom. The van der Waals surface area contributed by atoms with Gasteiger partial charge in [0.2, 0.25) is 5.91 Å². The summed E-state index contributed by atoms with van der Waals surface area (Å²) in [7, 11) is 3.18. The summed E-state index contributed by atoms with van der Waals surface area (Å²) in [5.74, 6) is 1.54. The van der Waals surface area contributed by atoms with E-state index in [4.69, 9.17) is 37.4 Å². The molecule has 3 aromatic rings. The van der Waals surface area contributed by atoms with Gasteiger partial charge in [-0.15, -0.1) is 12.4 Å². The summed E-state index contributed by atoms with van der Waals surface area (Å²) in [6.07, 6.45) is 5.27. The summed E-state index contributed by atoms with van der Waals surface area (Å²) >= 11 is 13.6. The van der Waals surface area contributed by atoms with E-state index in [2.05, 4.69) is 15.3 Å². The predicted molar refractivity (Wildman–Crippen MR) is 181 cm³/mol. The van der Waals surface area contributed by atoms with Crippen LogP contribution in [-0.2, 0) is 16.0 Å². The van der Waals surface area contributed by atoms with Crippen molar-refractivity contribution in [2.24, 2.45) is 5.92 Å². The molecule has 0 saturated carbocycles. The average molecular weight is 698 g/mol. The SMILES string of the molecule is COc1ccc(-c2cnc(SCC(=O)NCCC3CC(Cc4ccc(Cl)c(Cl)c4)CN3C(=O)OC(C)(C)C)nc2)cc1OC.Cl. The molecule has 13 heteroatoms. The minimum atomic E-state index is -0.601. The van der Waals surface area contributed by atoms with Crippen LogP contribution in [0.1, 0.15) is 39.2 Å². The maximum absolute atomic E-state index is 13.0. The van der Waals surface area contributed by atoms with Crippen molar-refractivity contribution in [2.45, 2.75) is 56.8 Å². The number of nitrogens with zero attached hydrogens (tertiary/aromatic N) is 3. The third-order valence-electron chi connectivity index (χ3n) is 7.11. The summed E-state index contributed by atoms with van der Waals surface area (Å²) in [4.78, 5) is 36.3. The van der Waals surface area contributed by atoms with Crippen LogP contribution in [0.2, 0.25) is 10.0 Å². The topological polar surface area (TPSA) is 103 Å². The number of rotatable bonds is 11. The number of benzene rings is 2. The van der Waals surface area contributed by atoms with Gasteiger partial charge in [0, 0.05) is 37.1 Å². The van der Waals surface area contributed by atoms with Crippen LogP contribution in [-0.4, -0.2) is 71.6 Å². The molecule has 1 N–H and O–H groups in total. The minimum absolute atomic E-state index is 0. The molecule has 2 unspecified atom stereocenters. The van der Waals surface area contributed by atoms with Crippen molar-refractivity contribution in [1.29, 1.82) is 0 Å². The fourth-order valence-corrected chi connectivity index (χ4v) is 6.03. The lowest BCUT2D eigenvalue weighted by atomic mass is 9.96. The molecule has 1 saturated heterocycles. The molecule has 4 rings (SSSR count). The third kappa shape index (κ3) is 10.6. The Balaban J connectivity index is 0.00000552. The Morgan fingerprint density at radius 2 is 1.71 bits per heavy atom. The number of likely N-dealkylation sites (tertiary alicyclic amines) is 1. The number of amides is 2. The zero-order chi connectivity index (χ0) is 31.9. The summed E-state index contributed by atoms with van der Waals surface area (Å²) in [5, 5.41) is 4.51. The highest BCUT2D eigenvalue weighted by Crippen LogP contribution is 2.33. The van der Waals surface area contributed by atoms with Crippen LogP contribution in [0.4, 0.5) is 4.79 Å². The molecular formula is C32H39Cl3N4O5S. The van der Waals surface area contributed by atoms with Crippen molar-refractivity contribution < 1.29 is 23.8 Å². The lowest BCUT2D eigenvalue weighted by Gasteiger charge is -2.28. The van der Waals surface area contributed by atoms with Gasteiger partial charge in [0.1, 0.15) is 5.60 Å². The number of carbonyl (C=O) groups is 2. The van der Waals surface area contributed by atoms with Gasteiger partial charge in [0.25, 0.3) is 0 Å². The van der Waals surface area contributed by atoms with E-state index in [1.165, 1.54) is 11.8 Å². The maximum Gasteiger partial charge on any atom is 0.410 e. The van der Waals surface area contributed by atoms with Gasteiger partial charge >= 0.3 is 6.09 Å². The highest BCUT2D eigenvalue weighted by Gasteiger charge is 2.37. The first-order chi connectivity index (χ1) is 21.0. The molecule has 2 aromatic carbocycles. The van der Waals surface area contributed by atoms with Gasteiger partial charge < -0.3 is 24.4 Å². The summed E-state index contributed by atoms with van der Waals surface area (Å²) < 4.78 is 16.4. The summed E-state index contributed by atoms with van der Waals surface area (Å²) in [5.41, 5.74) is 2.18. The molecule has 2 amide bonds. The van der Waals surface area contributed by atoms with Crippen LogP contribution >= 0.6 is 47.4 Å². The van der Waals surface area contributed by atoms with Crippen LogP contribution in [0.25, 0.3) is 11.1 Å². The highest BCUT2D eigenvalue weighted by atomic mass is 35.5. The maximum atomic E-state index is 13.0. The Morgan fingerprint density at radius 1 is 1.00 bits per heavy atom. The van der Waals surface area contributed by atoms with Crippen molar-refractivity contribution in [1.82, 2.24) is 20.2 Å². The predicted octanol–water partition coefficient (Wildman–Crippen LogP) is 7.36. The lowest BCUT2D eigenvalue weighted by Crippen LogP contribution is -2.41. The molecule has 0 aliphatic carbocycles. The molecule has 0 bridgehead atoms. The van der Waals surface area contributed by atoms with Crippen molar-refractivity contribution in [3.63, 3.8) is 0 Å². The van der Waals surface area contributed by atoms with E-state index >= 15 is 0 Å². The molecule has 0 spiro atoms. The number of thioether (sulfide) groups is 1. The fourth-order valence-electron chi connectivity index (χ4n) is 5.09. The van der Waals surface area contributed by atoms with E-state index in [0.29, 0.717) is 46.2 Å². The quantitative estimate of drug-likeness (QED) is 0.164. The van der Waals surface area contributed by atoms with E-state index in [0.717, 1.165) is 29.5 Å². The molecule has 0 radical (unpaired) electrons. The van der Waals surface area contributed by atoms with Crippen LogP contribution in [0, 0.1) is 5.92 Å². The minimum Gasteiger partial charge on any atom is -0.493 e. The molecule has 1 aliphatic heterocycles. The van der Waals surface area contributed by atoms with Gasteiger partial charge in [-0.25, -0.2) is 14.8 Å². The number of nitrogens with one attached hydrogen (secondary N) is 1.